The average molecular weight is 225 g/mol. The van der Waals surface area contributed by atoms with Crippen LogP contribution in [-0.4, -0.2) is 32.1 Å². The smallest absolute Gasteiger partial charge is 0.211 e. The van der Waals surface area contributed by atoms with E-state index in [0.717, 1.165) is 12.8 Å². The first-order valence-corrected chi connectivity index (χ1v) is 6.83. The van der Waals surface area contributed by atoms with Gasteiger partial charge >= 0.3 is 0 Å². The highest BCUT2D eigenvalue weighted by molar-refractivity contribution is 7.88. The van der Waals surface area contributed by atoms with E-state index in [4.69, 9.17) is 0 Å². The Bertz CT molecular complexity index is 442. The number of likely N-dealkylation sites (N-methyl/N-ethyl adjacent to an activating group) is 1. The largest absolute Gasteiger partial charge is 0.213 e. The predicted octanol–water partition coefficient (Wildman–Crippen LogP) is 1.05. The maximum atomic E-state index is 11.4. The lowest BCUT2D eigenvalue weighted by Crippen LogP contribution is -2.36. The zero-order valence-electron chi connectivity index (χ0n) is 8.97. The first kappa shape index (κ1) is 10.6. The Balaban J connectivity index is 2.21. The molecule has 0 heterocycles. The second kappa shape index (κ2) is 3.61. The number of hydrogen-bond donors (Lipinski definition) is 0. The summed E-state index contributed by atoms with van der Waals surface area (Å²) in [4.78, 5) is 0. The summed E-state index contributed by atoms with van der Waals surface area (Å²) in [7, 11) is -1.41. The Kier molecular flexibility index (Phi) is 2.56. The van der Waals surface area contributed by atoms with E-state index in [2.05, 4.69) is 12.1 Å². The van der Waals surface area contributed by atoms with Crippen LogP contribution in [0.5, 0.6) is 0 Å². The summed E-state index contributed by atoms with van der Waals surface area (Å²) < 4.78 is 24.3. The topological polar surface area (TPSA) is 37.4 Å². The van der Waals surface area contributed by atoms with E-state index in [0.29, 0.717) is 0 Å². The molecule has 0 radical (unpaired) electrons. The SMILES string of the molecule is CN(C1Cc2ccccc2C1)S(C)(=O)=O. The number of fused-ring (bicyclic) bond motifs is 1. The lowest BCUT2D eigenvalue weighted by Gasteiger charge is -2.21. The number of rotatable bonds is 2. The molecule has 2 rings (SSSR count). The first-order chi connectivity index (χ1) is 6.98. The molecule has 1 aliphatic carbocycles. The van der Waals surface area contributed by atoms with Crippen LogP contribution < -0.4 is 0 Å². The molecule has 1 aromatic rings. The summed E-state index contributed by atoms with van der Waals surface area (Å²) in [6, 6.07) is 8.25. The number of sulfonamides is 1. The molecule has 15 heavy (non-hydrogen) atoms. The minimum atomic E-state index is -3.07. The van der Waals surface area contributed by atoms with Gasteiger partial charge in [-0.15, -0.1) is 0 Å². The molecule has 0 saturated heterocycles. The molecule has 0 unspecified atom stereocenters. The quantitative estimate of drug-likeness (QED) is 0.754. The third-order valence-electron chi connectivity index (χ3n) is 3.07. The highest BCUT2D eigenvalue weighted by Gasteiger charge is 2.28. The summed E-state index contributed by atoms with van der Waals surface area (Å²) in [6.07, 6.45) is 2.93. The summed E-state index contributed by atoms with van der Waals surface area (Å²) in [5, 5.41) is 0. The van der Waals surface area contributed by atoms with Gasteiger partial charge in [-0.3, -0.25) is 0 Å². The van der Waals surface area contributed by atoms with E-state index in [-0.39, 0.29) is 6.04 Å². The minimum Gasteiger partial charge on any atom is -0.213 e. The second-order valence-corrected chi connectivity index (χ2v) is 6.15. The molecular weight excluding hydrogens is 210 g/mol. The van der Waals surface area contributed by atoms with Gasteiger partial charge in [-0.1, -0.05) is 24.3 Å². The normalized spacial score (nSPS) is 17.0. The molecule has 82 valence electrons. The van der Waals surface area contributed by atoms with Crippen LogP contribution in [0.4, 0.5) is 0 Å². The van der Waals surface area contributed by atoms with Crippen LogP contribution in [0.25, 0.3) is 0 Å². The standard InChI is InChI=1S/C11H15NO2S/c1-12(15(2,13)14)11-7-9-5-3-4-6-10(9)8-11/h3-6,11H,7-8H2,1-2H3. The Morgan fingerprint density at radius 3 is 2.07 bits per heavy atom. The van der Waals surface area contributed by atoms with Crippen molar-refractivity contribution in [1.82, 2.24) is 4.31 Å². The molecule has 0 aromatic heterocycles. The molecule has 0 amide bonds. The van der Waals surface area contributed by atoms with Crippen LogP contribution >= 0.6 is 0 Å². The molecule has 0 saturated carbocycles. The van der Waals surface area contributed by atoms with Crippen molar-refractivity contribution in [1.29, 1.82) is 0 Å². The Morgan fingerprint density at radius 1 is 1.20 bits per heavy atom. The van der Waals surface area contributed by atoms with Crippen molar-refractivity contribution in [2.75, 3.05) is 13.3 Å². The molecule has 1 aromatic carbocycles. The van der Waals surface area contributed by atoms with Gasteiger partial charge in [0.1, 0.15) is 0 Å². The molecule has 0 N–H and O–H groups in total. The fourth-order valence-corrected chi connectivity index (χ4v) is 2.75. The Labute approximate surface area is 90.8 Å². The molecule has 3 nitrogen and oxygen atoms in total. The van der Waals surface area contributed by atoms with Crippen LogP contribution in [0.15, 0.2) is 24.3 Å². The molecule has 4 heteroatoms. The zero-order chi connectivity index (χ0) is 11.1. The van der Waals surface area contributed by atoms with Gasteiger partial charge in [0.05, 0.1) is 6.26 Å². The average Bonchev–Trinajstić information content (AvgIpc) is 2.58. The van der Waals surface area contributed by atoms with Gasteiger partial charge < -0.3 is 0 Å². The van der Waals surface area contributed by atoms with Crippen molar-refractivity contribution in [3.05, 3.63) is 35.4 Å². The highest BCUT2D eigenvalue weighted by Crippen LogP contribution is 2.25. The van der Waals surface area contributed by atoms with Crippen molar-refractivity contribution in [2.45, 2.75) is 18.9 Å². The number of benzene rings is 1. The van der Waals surface area contributed by atoms with Gasteiger partial charge in [0.25, 0.3) is 0 Å². The molecule has 1 aliphatic rings. The summed E-state index contributed by atoms with van der Waals surface area (Å²) in [5.74, 6) is 0. The molecule has 0 fully saturated rings. The molecule has 0 aliphatic heterocycles. The summed E-state index contributed by atoms with van der Waals surface area (Å²) >= 11 is 0. The lowest BCUT2D eigenvalue weighted by atomic mass is 10.1. The zero-order valence-corrected chi connectivity index (χ0v) is 9.79. The minimum absolute atomic E-state index is 0.0948. The predicted molar refractivity (Wildman–Crippen MR) is 60.2 cm³/mol. The maximum absolute atomic E-state index is 11.4. The van der Waals surface area contributed by atoms with Gasteiger partial charge in [-0.25, -0.2) is 12.7 Å². The lowest BCUT2D eigenvalue weighted by molar-refractivity contribution is 0.381. The van der Waals surface area contributed by atoms with Gasteiger partial charge in [-0.05, 0) is 24.0 Å². The molecule has 0 bridgehead atoms. The fraction of sp³-hybridized carbons (Fsp3) is 0.455. The van der Waals surface area contributed by atoms with Crippen LogP contribution in [-0.2, 0) is 22.9 Å². The molecule has 0 spiro atoms. The van der Waals surface area contributed by atoms with E-state index in [9.17, 15) is 8.42 Å². The van der Waals surface area contributed by atoms with Crippen molar-refractivity contribution < 1.29 is 8.42 Å². The van der Waals surface area contributed by atoms with Crippen molar-refractivity contribution >= 4 is 10.0 Å². The number of hydrogen-bond acceptors (Lipinski definition) is 2. The van der Waals surface area contributed by atoms with Crippen molar-refractivity contribution in [3.8, 4) is 0 Å². The highest BCUT2D eigenvalue weighted by atomic mass is 32.2. The molecule has 0 atom stereocenters. The Morgan fingerprint density at radius 2 is 1.67 bits per heavy atom. The second-order valence-electron chi connectivity index (χ2n) is 4.11. The first-order valence-electron chi connectivity index (χ1n) is 4.98. The van der Waals surface area contributed by atoms with E-state index >= 15 is 0 Å². The third-order valence-corrected chi connectivity index (χ3v) is 4.41. The van der Waals surface area contributed by atoms with E-state index < -0.39 is 10.0 Å². The van der Waals surface area contributed by atoms with Gasteiger partial charge in [0.2, 0.25) is 10.0 Å². The van der Waals surface area contributed by atoms with E-state index in [1.807, 2.05) is 12.1 Å². The maximum Gasteiger partial charge on any atom is 0.211 e. The van der Waals surface area contributed by atoms with Crippen LogP contribution in [0, 0.1) is 0 Å². The summed E-state index contributed by atoms with van der Waals surface area (Å²) in [6.45, 7) is 0. The van der Waals surface area contributed by atoms with Gasteiger partial charge in [0, 0.05) is 13.1 Å². The fourth-order valence-electron chi connectivity index (χ4n) is 2.06. The Hall–Kier alpha value is -0.870. The van der Waals surface area contributed by atoms with Crippen LogP contribution in [0.1, 0.15) is 11.1 Å². The third kappa shape index (κ3) is 2.06. The van der Waals surface area contributed by atoms with Crippen molar-refractivity contribution in [2.24, 2.45) is 0 Å². The van der Waals surface area contributed by atoms with E-state index in [1.165, 1.54) is 21.7 Å². The van der Waals surface area contributed by atoms with Crippen LogP contribution in [0.2, 0.25) is 0 Å². The molecular formula is C11H15NO2S. The summed E-state index contributed by atoms with van der Waals surface area (Å²) in [5.41, 5.74) is 2.55. The monoisotopic (exact) mass is 225 g/mol. The van der Waals surface area contributed by atoms with Crippen LogP contribution in [0.3, 0.4) is 0 Å². The van der Waals surface area contributed by atoms with Crippen molar-refractivity contribution in [3.63, 3.8) is 0 Å². The number of nitrogens with zero attached hydrogens (tertiary/aromatic N) is 1. The van der Waals surface area contributed by atoms with Gasteiger partial charge in [-0.2, -0.15) is 0 Å². The van der Waals surface area contributed by atoms with Gasteiger partial charge in [0.15, 0.2) is 0 Å². The van der Waals surface area contributed by atoms with E-state index in [1.54, 1.807) is 7.05 Å².